The van der Waals surface area contributed by atoms with Crippen molar-refractivity contribution in [3.8, 4) is 0 Å². The van der Waals surface area contributed by atoms with Crippen LogP contribution >= 0.6 is 11.8 Å². The molecule has 4 nitrogen and oxygen atoms in total. The van der Waals surface area contributed by atoms with Gasteiger partial charge >= 0.3 is 0 Å². The molecule has 0 aliphatic heterocycles. The largest absolute Gasteiger partial charge is 0.353 e. The standard InChI is InChI=1S/C21H24FN3OS/c1-24(2)20(18-13-25(3)19-7-5-4-6-17(18)19)12-23-21(26)14-27-16-10-8-15(22)9-11-16/h4-11,13,20H,12,14H2,1-3H3,(H,23,26). The number of benzene rings is 2. The first-order chi connectivity index (χ1) is 13.0. The molecule has 0 spiro atoms. The van der Waals surface area contributed by atoms with Crippen LogP contribution in [0, 0.1) is 5.82 Å². The van der Waals surface area contributed by atoms with Gasteiger partial charge in [0.1, 0.15) is 5.82 Å². The summed E-state index contributed by atoms with van der Waals surface area (Å²) in [6.07, 6.45) is 2.13. The van der Waals surface area contributed by atoms with E-state index in [9.17, 15) is 9.18 Å². The lowest BCUT2D eigenvalue weighted by atomic mass is 10.0. The fourth-order valence-corrected chi connectivity index (χ4v) is 3.88. The summed E-state index contributed by atoms with van der Waals surface area (Å²) in [5.74, 6) is 0.00513. The molecule has 2 aromatic carbocycles. The summed E-state index contributed by atoms with van der Waals surface area (Å²) >= 11 is 1.40. The Bertz CT molecular complexity index is 921. The molecule has 1 atom stereocenters. The van der Waals surface area contributed by atoms with Gasteiger partial charge in [-0.05, 0) is 50.0 Å². The maximum atomic E-state index is 12.9. The normalized spacial score (nSPS) is 12.5. The van der Waals surface area contributed by atoms with Crippen molar-refractivity contribution in [2.24, 2.45) is 7.05 Å². The monoisotopic (exact) mass is 385 g/mol. The number of thioether (sulfide) groups is 1. The van der Waals surface area contributed by atoms with Crippen molar-refractivity contribution in [1.82, 2.24) is 14.8 Å². The number of likely N-dealkylation sites (N-methyl/N-ethyl adjacent to an activating group) is 1. The minimum absolute atomic E-state index is 0.0311. The number of rotatable bonds is 7. The zero-order chi connectivity index (χ0) is 19.4. The number of nitrogens with one attached hydrogen (secondary N) is 1. The average Bonchev–Trinajstić information content (AvgIpc) is 2.98. The number of aryl methyl sites for hydroxylation is 1. The highest BCUT2D eigenvalue weighted by Gasteiger charge is 2.20. The second-order valence-electron chi connectivity index (χ2n) is 6.74. The van der Waals surface area contributed by atoms with Gasteiger partial charge < -0.3 is 14.8 Å². The maximum absolute atomic E-state index is 12.9. The third-order valence-corrected chi connectivity index (χ3v) is 5.60. The molecule has 6 heteroatoms. The van der Waals surface area contributed by atoms with Gasteiger partial charge in [0.05, 0.1) is 11.8 Å². The Labute approximate surface area is 163 Å². The van der Waals surface area contributed by atoms with Crippen molar-refractivity contribution in [2.45, 2.75) is 10.9 Å². The number of carbonyl (C=O) groups excluding carboxylic acids is 1. The number of para-hydroxylation sites is 1. The third-order valence-electron chi connectivity index (χ3n) is 4.59. The second kappa shape index (κ2) is 8.59. The summed E-state index contributed by atoms with van der Waals surface area (Å²) in [6, 6.07) is 14.6. The van der Waals surface area contributed by atoms with E-state index in [1.165, 1.54) is 40.4 Å². The number of halogens is 1. The van der Waals surface area contributed by atoms with Gasteiger partial charge in [0.2, 0.25) is 5.91 Å². The van der Waals surface area contributed by atoms with Crippen LogP contribution in [0.15, 0.2) is 59.6 Å². The van der Waals surface area contributed by atoms with Gasteiger partial charge in [0.25, 0.3) is 0 Å². The van der Waals surface area contributed by atoms with Crippen molar-refractivity contribution in [2.75, 3.05) is 26.4 Å². The van der Waals surface area contributed by atoms with Gasteiger partial charge in [-0.3, -0.25) is 4.79 Å². The molecule has 0 bridgehead atoms. The third kappa shape index (κ3) is 4.70. The molecule has 27 heavy (non-hydrogen) atoms. The number of amides is 1. The van der Waals surface area contributed by atoms with Crippen LogP contribution < -0.4 is 5.32 Å². The molecular weight excluding hydrogens is 361 g/mol. The zero-order valence-electron chi connectivity index (χ0n) is 15.8. The highest BCUT2D eigenvalue weighted by Crippen LogP contribution is 2.28. The first-order valence-corrected chi connectivity index (χ1v) is 9.79. The SMILES string of the molecule is CN(C)C(CNC(=O)CSc1ccc(F)cc1)c1cn(C)c2ccccc12. The molecule has 1 aromatic heterocycles. The van der Waals surface area contributed by atoms with Gasteiger partial charge in [-0.1, -0.05) is 18.2 Å². The van der Waals surface area contributed by atoms with Crippen molar-refractivity contribution >= 4 is 28.6 Å². The molecule has 3 aromatic rings. The topological polar surface area (TPSA) is 37.3 Å². The van der Waals surface area contributed by atoms with Crippen LogP contribution in [0.4, 0.5) is 4.39 Å². The van der Waals surface area contributed by atoms with Crippen molar-refractivity contribution in [1.29, 1.82) is 0 Å². The average molecular weight is 386 g/mol. The lowest BCUT2D eigenvalue weighted by Crippen LogP contribution is -2.35. The Balaban J connectivity index is 1.64. The summed E-state index contributed by atoms with van der Waals surface area (Å²) in [4.78, 5) is 15.3. The molecule has 1 N–H and O–H groups in total. The van der Waals surface area contributed by atoms with E-state index in [0.717, 1.165) is 4.90 Å². The fourth-order valence-electron chi connectivity index (χ4n) is 3.15. The van der Waals surface area contributed by atoms with Crippen molar-refractivity contribution in [3.63, 3.8) is 0 Å². The highest BCUT2D eigenvalue weighted by atomic mass is 32.2. The summed E-state index contributed by atoms with van der Waals surface area (Å²) in [7, 11) is 6.08. The van der Waals surface area contributed by atoms with Gasteiger partial charge in [0.15, 0.2) is 0 Å². The second-order valence-corrected chi connectivity index (χ2v) is 7.79. The van der Waals surface area contributed by atoms with E-state index in [1.54, 1.807) is 12.1 Å². The van der Waals surface area contributed by atoms with Crippen molar-refractivity contribution in [3.05, 3.63) is 66.1 Å². The van der Waals surface area contributed by atoms with Crippen LogP contribution in [-0.4, -0.2) is 41.8 Å². The van der Waals surface area contributed by atoms with Crippen LogP contribution in [0.5, 0.6) is 0 Å². The molecule has 0 fully saturated rings. The molecular formula is C21H24FN3OS. The maximum Gasteiger partial charge on any atom is 0.230 e. The lowest BCUT2D eigenvalue weighted by Gasteiger charge is -2.24. The number of nitrogens with zero attached hydrogens (tertiary/aromatic N) is 2. The molecule has 3 rings (SSSR count). The predicted octanol–water partition coefficient (Wildman–Crippen LogP) is 3.83. The summed E-state index contributed by atoms with van der Waals surface area (Å²) in [5.41, 5.74) is 2.38. The Morgan fingerprint density at radius 2 is 1.89 bits per heavy atom. The Morgan fingerprint density at radius 1 is 1.19 bits per heavy atom. The van der Waals surface area contributed by atoms with Gasteiger partial charge in [-0.2, -0.15) is 0 Å². The molecule has 0 aliphatic carbocycles. The molecule has 1 heterocycles. The molecule has 0 saturated heterocycles. The molecule has 0 aliphatic rings. The minimum atomic E-state index is -0.271. The van der Waals surface area contributed by atoms with Crippen LogP contribution in [0.25, 0.3) is 10.9 Å². The van der Waals surface area contributed by atoms with E-state index in [0.29, 0.717) is 12.3 Å². The van der Waals surface area contributed by atoms with Crippen LogP contribution in [0.3, 0.4) is 0 Å². The zero-order valence-corrected chi connectivity index (χ0v) is 16.6. The summed E-state index contributed by atoms with van der Waals surface area (Å²) < 4.78 is 15.1. The first-order valence-electron chi connectivity index (χ1n) is 8.81. The van der Waals surface area contributed by atoms with E-state index in [4.69, 9.17) is 0 Å². The summed E-state index contributed by atoms with van der Waals surface area (Å²) in [5, 5.41) is 4.24. The number of carbonyl (C=O) groups is 1. The summed E-state index contributed by atoms with van der Waals surface area (Å²) in [6.45, 7) is 0.532. The van der Waals surface area contributed by atoms with E-state index >= 15 is 0 Å². The van der Waals surface area contributed by atoms with Gasteiger partial charge in [-0.25, -0.2) is 4.39 Å². The van der Waals surface area contributed by atoms with Crippen LogP contribution in [-0.2, 0) is 11.8 Å². The minimum Gasteiger partial charge on any atom is -0.353 e. The quantitative estimate of drug-likeness (QED) is 0.628. The lowest BCUT2D eigenvalue weighted by molar-refractivity contribution is -0.118. The smallest absolute Gasteiger partial charge is 0.230 e. The van der Waals surface area contributed by atoms with Crippen molar-refractivity contribution < 1.29 is 9.18 Å². The Hall–Kier alpha value is -2.31. The van der Waals surface area contributed by atoms with E-state index in [2.05, 4.69) is 33.1 Å². The number of hydrogen-bond acceptors (Lipinski definition) is 3. The van der Waals surface area contributed by atoms with E-state index < -0.39 is 0 Å². The molecule has 0 radical (unpaired) electrons. The molecule has 1 amide bonds. The molecule has 1 unspecified atom stereocenters. The molecule has 142 valence electrons. The van der Waals surface area contributed by atoms with Gasteiger partial charge in [0, 0.05) is 35.6 Å². The van der Waals surface area contributed by atoms with Crippen LogP contribution in [0.1, 0.15) is 11.6 Å². The predicted molar refractivity (Wildman–Crippen MR) is 109 cm³/mol. The first kappa shape index (κ1) is 19.5. The Kier molecular flexibility index (Phi) is 6.19. The number of aromatic nitrogens is 1. The number of hydrogen-bond donors (Lipinski definition) is 1. The number of fused-ring (bicyclic) bond motifs is 1. The van der Waals surface area contributed by atoms with E-state index in [-0.39, 0.29) is 17.8 Å². The molecule has 0 saturated carbocycles. The highest BCUT2D eigenvalue weighted by molar-refractivity contribution is 8.00. The Morgan fingerprint density at radius 3 is 2.59 bits per heavy atom. The fraction of sp³-hybridized carbons (Fsp3) is 0.286. The van der Waals surface area contributed by atoms with E-state index in [1.807, 2.05) is 33.3 Å². The van der Waals surface area contributed by atoms with Gasteiger partial charge in [-0.15, -0.1) is 11.8 Å². The van der Waals surface area contributed by atoms with Crippen LogP contribution in [0.2, 0.25) is 0 Å².